The molecule has 0 amide bonds. The molecule has 0 aliphatic heterocycles. The average molecular weight is 363 g/mol. The van der Waals surface area contributed by atoms with Crippen molar-refractivity contribution in [2.45, 2.75) is 6.92 Å². The molecule has 7 heteroatoms. The summed E-state index contributed by atoms with van der Waals surface area (Å²) in [6, 6.07) is 9.26. The van der Waals surface area contributed by atoms with Crippen molar-refractivity contribution in [2.75, 3.05) is 5.43 Å². The minimum Gasteiger partial charge on any atom is -0.264 e. The Balaban J connectivity index is 1.75. The first-order valence-electron chi connectivity index (χ1n) is 6.75. The van der Waals surface area contributed by atoms with Crippen LogP contribution in [0, 0.1) is 0 Å². The normalized spacial score (nSPS) is 11.5. The van der Waals surface area contributed by atoms with Gasteiger partial charge in [0, 0.05) is 23.3 Å². The fourth-order valence-electron chi connectivity index (χ4n) is 1.89. The number of aromatic nitrogens is 2. The Morgan fingerprint density at radius 1 is 1.22 bits per heavy atom. The number of pyridine rings is 1. The van der Waals surface area contributed by atoms with E-state index in [1.54, 1.807) is 24.5 Å². The van der Waals surface area contributed by atoms with E-state index >= 15 is 0 Å². The third-order valence-corrected chi connectivity index (χ3v) is 4.60. The maximum absolute atomic E-state index is 6.02. The molecule has 0 bridgehead atoms. The topological polar surface area (TPSA) is 50.2 Å². The highest BCUT2D eigenvalue weighted by Crippen LogP contribution is 2.25. The molecule has 0 saturated heterocycles. The quantitative estimate of drug-likeness (QED) is 0.502. The summed E-state index contributed by atoms with van der Waals surface area (Å²) in [6.45, 7) is 1.89. The van der Waals surface area contributed by atoms with Gasteiger partial charge in [-0.3, -0.25) is 10.4 Å². The Morgan fingerprint density at radius 2 is 2.09 bits per heavy atom. The molecule has 2 heterocycles. The Labute approximate surface area is 147 Å². The van der Waals surface area contributed by atoms with Crippen LogP contribution in [0.5, 0.6) is 0 Å². The molecular weight excluding hydrogens is 351 g/mol. The Kier molecular flexibility index (Phi) is 4.91. The van der Waals surface area contributed by atoms with Crippen molar-refractivity contribution in [1.29, 1.82) is 0 Å². The van der Waals surface area contributed by atoms with Crippen LogP contribution in [-0.2, 0) is 0 Å². The third kappa shape index (κ3) is 3.88. The predicted octanol–water partition coefficient (Wildman–Crippen LogP) is 5.35. The van der Waals surface area contributed by atoms with Gasteiger partial charge in [0.15, 0.2) is 0 Å². The summed E-state index contributed by atoms with van der Waals surface area (Å²) in [4.78, 5) is 8.58. The van der Waals surface area contributed by atoms with Crippen LogP contribution in [0.25, 0.3) is 11.3 Å². The van der Waals surface area contributed by atoms with Crippen molar-refractivity contribution < 1.29 is 0 Å². The highest BCUT2D eigenvalue weighted by atomic mass is 35.5. The van der Waals surface area contributed by atoms with Crippen LogP contribution in [-0.4, -0.2) is 15.7 Å². The smallest absolute Gasteiger partial charge is 0.203 e. The Hall–Kier alpha value is -1.95. The molecular formula is C16H12Cl2N4S. The van der Waals surface area contributed by atoms with Gasteiger partial charge in [-0.05, 0) is 36.8 Å². The van der Waals surface area contributed by atoms with Gasteiger partial charge in [-0.1, -0.05) is 29.3 Å². The Morgan fingerprint density at radius 3 is 2.83 bits per heavy atom. The number of anilines is 1. The summed E-state index contributed by atoms with van der Waals surface area (Å²) in [7, 11) is 0. The third-order valence-electron chi connectivity index (χ3n) is 3.12. The van der Waals surface area contributed by atoms with Crippen LogP contribution in [0.2, 0.25) is 10.0 Å². The average Bonchev–Trinajstić information content (AvgIpc) is 3.05. The fourth-order valence-corrected chi connectivity index (χ4v) is 2.85. The van der Waals surface area contributed by atoms with Crippen molar-refractivity contribution in [3.05, 3.63) is 63.7 Å². The largest absolute Gasteiger partial charge is 0.264 e. The Bertz CT molecular complexity index is 846. The number of benzene rings is 1. The maximum atomic E-state index is 6.02. The van der Waals surface area contributed by atoms with Crippen molar-refractivity contribution in [3.8, 4) is 11.3 Å². The molecule has 0 aliphatic rings. The zero-order chi connectivity index (χ0) is 16.2. The second-order valence-electron chi connectivity index (χ2n) is 4.72. The fraction of sp³-hybridized carbons (Fsp3) is 0.0625. The predicted molar refractivity (Wildman–Crippen MR) is 97.6 cm³/mol. The first-order chi connectivity index (χ1) is 11.1. The van der Waals surface area contributed by atoms with Crippen LogP contribution in [0.15, 0.2) is 53.2 Å². The van der Waals surface area contributed by atoms with E-state index in [0.29, 0.717) is 15.2 Å². The van der Waals surface area contributed by atoms with E-state index in [1.165, 1.54) is 11.3 Å². The molecule has 1 aromatic carbocycles. The summed E-state index contributed by atoms with van der Waals surface area (Å²) >= 11 is 13.4. The number of nitrogens with one attached hydrogen (secondary N) is 1. The lowest BCUT2D eigenvalue weighted by atomic mass is 10.1. The van der Waals surface area contributed by atoms with Crippen LogP contribution < -0.4 is 5.43 Å². The number of thiazole rings is 1. The number of rotatable bonds is 4. The van der Waals surface area contributed by atoms with Gasteiger partial charge in [0.25, 0.3) is 0 Å². The molecule has 116 valence electrons. The summed E-state index contributed by atoms with van der Waals surface area (Å²) < 4.78 is 0. The number of halogens is 2. The molecule has 4 nitrogen and oxygen atoms in total. The van der Waals surface area contributed by atoms with Gasteiger partial charge in [-0.15, -0.1) is 11.3 Å². The van der Waals surface area contributed by atoms with Gasteiger partial charge in [0.05, 0.1) is 21.5 Å². The number of hydrogen-bond acceptors (Lipinski definition) is 5. The molecule has 23 heavy (non-hydrogen) atoms. The van der Waals surface area contributed by atoms with E-state index in [-0.39, 0.29) is 0 Å². The molecule has 2 aromatic heterocycles. The molecule has 0 saturated carbocycles. The molecule has 0 radical (unpaired) electrons. The van der Waals surface area contributed by atoms with Crippen LogP contribution in [0.3, 0.4) is 0 Å². The van der Waals surface area contributed by atoms with E-state index in [9.17, 15) is 0 Å². The second-order valence-corrected chi connectivity index (χ2v) is 6.39. The van der Waals surface area contributed by atoms with E-state index in [1.807, 2.05) is 30.5 Å². The lowest BCUT2D eigenvalue weighted by Gasteiger charge is -2.03. The highest BCUT2D eigenvalue weighted by molar-refractivity contribution is 7.14. The molecule has 3 aromatic rings. The summed E-state index contributed by atoms with van der Waals surface area (Å²) in [5.74, 6) is 0. The van der Waals surface area contributed by atoms with Gasteiger partial charge in [0.2, 0.25) is 5.13 Å². The standard InChI is InChI=1S/C16H12Cl2N4S/c1-10(11-4-5-13(17)14(18)7-11)21-22-16-20-15(9-23-16)12-3-2-6-19-8-12/h2-9H,1H3,(H,20,22)/b21-10+. The van der Waals surface area contributed by atoms with E-state index in [2.05, 4.69) is 20.5 Å². The van der Waals surface area contributed by atoms with Crippen molar-refractivity contribution in [1.82, 2.24) is 9.97 Å². The lowest BCUT2D eigenvalue weighted by Crippen LogP contribution is -1.99. The first kappa shape index (κ1) is 15.9. The van der Waals surface area contributed by atoms with Crippen molar-refractivity contribution in [3.63, 3.8) is 0 Å². The molecule has 3 rings (SSSR count). The first-order valence-corrected chi connectivity index (χ1v) is 8.38. The zero-order valence-corrected chi connectivity index (χ0v) is 14.5. The molecule has 0 spiro atoms. The van der Waals surface area contributed by atoms with Gasteiger partial charge < -0.3 is 0 Å². The van der Waals surface area contributed by atoms with Gasteiger partial charge in [-0.25, -0.2) is 4.98 Å². The molecule has 1 N–H and O–H groups in total. The maximum Gasteiger partial charge on any atom is 0.203 e. The molecule has 0 atom stereocenters. The van der Waals surface area contributed by atoms with Gasteiger partial charge in [0.1, 0.15) is 0 Å². The minimum atomic E-state index is 0.506. The number of nitrogens with zero attached hydrogens (tertiary/aromatic N) is 3. The van der Waals surface area contributed by atoms with Crippen molar-refractivity contribution >= 4 is 45.4 Å². The van der Waals surface area contributed by atoms with Gasteiger partial charge in [-0.2, -0.15) is 5.10 Å². The lowest BCUT2D eigenvalue weighted by molar-refractivity contribution is 1.26. The number of hydrogen-bond donors (Lipinski definition) is 1. The van der Waals surface area contributed by atoms with Crippen LogP contribution in [0.4, 0.5) is 5.13 Å². The SMILES string of the molecule is C/C(=N\Nc1nc(-c2cccnc2)cs1)c1ccc(Cl)c(Cl)c1. The monoisotopic (exact) mass is 362 g/mol. The molecule has 0 aliphatic carbocycles. The van der Waals surface area contributed by atoms with Gasteiger partial charge >= 0.3 is 0 Å². The molecule has 0 unspecified atom stereocenters. The minimum absolute atomic E-state index is 0.506. The van der Waals surface area contributed by atoms with Crippen LogP contribution >= 0.6 is 34.5 Å². The van der Waals surface area contributed by atoms with E-state index in [4.69, 9.17) is 23.2 Å². The summed E-state index contributed by atoms with van der Waals surface area (Å²) in [5.41, 5.74) is 6.50. The zero-order valence-electron chi connectivity index (χ0n) is 12.1. The summed E-state index contributed by atoms with van der Waals surface area (Å²) in [5, 5.41) is 8.04. The molecule has 0 fully saturated rings. The van der Waals surface area contributed by atoms with E-state index in [0.717, 1.165) is 22.5 Å². The van der Waals surface area contributed by atoms with Crippen molar-refractivity contribution in [2.24, 2.45) is 5.10 Å². The van der Waals surface area contributed by atoms with Crippen LogP contribution in [0.1, 0.15) is 12.5 Å². The highest BCUT2D eigenvalue weighted by Gasteiger charge is 2.05. The number of hydrazone groups is 1. The van der Waals surface area contributed by atoms with E-state index < -0.39 is 0 Å². The summed E-state index contributed by atoms with van der Waals surface area (Å²) in [6.07, 6.45) is 3.52. The second kappa shape index (κ2) is 7.08.